The summed E-state index contributed by atoms with van der Waals surface area (Å²) >= 11 is 0. The van der Waals surface area contributed by atoms with Crippen LogP contribution in [0.1, 0.15) is 0 Å². The van der Waals surface area contributed by atoms with E-state index < -0.39 is 43.8 Å². The van der Waals surface area contributed by atoms with Gasteiger partial charge in [-0.1, -0.05) is 0 Å². The lowest BCUT2D eigenvalue weighted by atomic mass is 10.2. The van der Waals surface area contributed by atoms with E-state index in [-0.39, 0.29) is 6.61 Å². The van der Waals surface area contributed by atoms with Crippen LogP contribution in [0, 0.1) is 0 Å². The zero-order valence-electron chi connectivity index (χ0n) is 8.43. The Morgan fingerprint density at radius 1 is 1.50 bits per heavy atom. The summed E-state index contributed by atoms with van der Waals surface area (Å²) in [6, 6.07) is 0. The molecule has 0 amide bonds. The molecule has 0 aliphatic carbocycles. The van der Waals surface area contributed by atoms with Crippen LogP contribution >= 0.6 is 0 Å². The highest BCUT2D eigenvalue weighted by Crippen LogP contribution is 2.19. The van der Waals surface area contributed by atoms with Crippen molar-refractivity contribution in [2.75, 3.05) is 19.8 Å². The summed E-state index contributed by atoms with van der Waals surface area (Å²) in [5.41, 5.74) is 0. The van der Waals surface area contributed by atoms with Crippen molar-refractivity contribution in [1.82, 2.24) is 4.90 Å². The molecule has 4 unspecified atom stereocenters. The molecule has 0 bridgehead atoms. The maximum atomic E-state index is 10.5. The highest BCUT2D eigenvalue weighted by molar-refractivity contribution is 5.69. The normalized spacial score (nSPS) is 31.9. The summed E-state index contributed by atoms with van der Waals surface area (Å²) in [4.78, 5) is 11.4. The fraction of sp³-hybridized carbons (Fsp3) is 0.875. The number of carboxylic acids is 1. The second-order valence-electron chi connectivity index (χ2n) is 3.51. The van der Waals surface area contributed by atoms with Gasteiger partial charge < -0.3 is 30.3 Å². The van der Waals surface area contributed by atoms with Gasteiger partial charge in [0.25, 0.3) is 0 Å². The highest BCUT2D eigenvalue weighted by Gasteiger charge is 2.41. The van der Waals surface area contributed by atoms with Crippen molar-refractivity contribution in [3.63, 3.8) is 0 Å². The molecular weight excluding hydrogens is 222 g/mol. The molecule has 94 valence electrons. The molecule has 0 radical (unpaired) electrons. The number of carboxylic acid groups (broad SMARTS) is 1. The first-order valence-electron chi connectivity index (χ1n) is 4.71. The van der Waals surface area contributed by atoms with Crippen molar-refractivity contribution in [3.8, 4) is 0 Å². The van der Waals surface area contributed by atoms with Crippen molar-refractivity contribution >= 4 is 5.97 Å². The highest BCUT2D eigenvalue weighted by atomic mass is 16.5. The van der Waals surface area contributed by atoms with Gasteiger partial charge in [0.1, 0.15) is 31.2 Å². The first-order valence-corrected chi connectivity index (χ1v) is 4.71. The fourth-order valence-corrected chi connectivity index (χ4v) is 1.50. The number of rotatable bonds is 5. The zero-order valence-corrected chi connectivity index (χ0v) is 8.43. The summed E-state index contributed by atoms with van der Waals surface area (Å²) in [6.07, 6.45) is -5.07. The van der Waals surface area contributed by atoms with Crippen molar-refractivity contribution < 1.29 is 35.1 Å². The monoisotopic (exact) mass is 237 g/mol. The van der Waals surface area contributed by atoms with Gasteiger partial charge in [-0.25, -0.2) is 4.90 Å². The van der Waals surface area contributed by atoms with Crippen molar-refractivity contribution in [2.45, 2.75) is 24.7 Å². The van der Waals surface area contributed by atoms with Crippen LogP contribution in [-0.2, 0) is 9.53 Å². The van der Waals surface area contributed by atoms with Gasteiger partial charge in [-0.05, 0) is 0 Å². The van der Waals surface area contributed by atoms with E-state index in [0.29, 0.717) is 0 Å². The van der Waals surface area contributed by atoms with E-state index in [1.54, 1.807) is 0 Å². The van der Waals surface area contributed by atoms with Crippen LogP contribution < -0.4 is 0 Å². The maximum absolute atomic E-state index is 10.5. The predicted molar refractivity (Wildman–Crippen MR) is 49.2 cm³/mol. The van der Waals surface area contributed by atoms with Crippen molar-refractivity contribution in [1.29, 1.82) is 0 Å². The minimum atomic E-state index is -1.47. The van der Waals surface area contributed by atoms with Gasteiger partial charge in [0, 0.05) is 0 Å². The number of nitrogens with zero attached hydrogens (tertiary/aromatic N) is 1. The average molecular weight is 237 g/mol. The zero-order chi connectivity index (χ0) is 12.3. The van der Waals surface area contributed by atoms with Crippen LogP contribution in [0.5, 0.6) is 0 Å². The maximum Gasteiger partial charge on any atom is 0.317 e. The molecule has 0 saturated carbocycles. The van der Waals surface area contributed by atoms with Gasteiger partial charge >= 0.3 is 5.97 Å². The third-order valence-electron chi connectivity index (χ3n) is 2.31. The molecule has 4 atom stereocenters. The van der Waals surface area contributed by atoms with E-state index in [1.165, 1.54) is 0 Å². The summed E-state index contributed by atoms with van der Waals surface area (Å²) in [5.74, 6) is -1.25. The largest absolute Gasteiger partial charge is 0.480 e. The topological polar surface area (TPSA) is 131 Å². The van der Waals surface area contributed by atoms with Gasteiger partial charge in [0.15, 0.2) is 0 Å². The minimum absolute atomic E-state index is 0.153. The smallest absolute Gasteiger partial charge is 0.317 e. The lowest BCUT2D eigenvalue weighted by Crippen LogP contribution is -2.52. The van der Waals surface area contributed by atoms with Gasteiger partial charge in [0.2, 0.25) is 0 Å². The number of aliphatic hydroxyl groups is 4. The van der Waals surface area contributed by atoms with Gasteiger partial charge in [-0.3, -0.25) is 4.79 Å². The van der Waals surface area contributed by atoms with Gasteiger partial charge in [0.05, 0.1) is 13.2 Å². The van der Waals surface area contributed by atoms with Crippen LogP contribution in [0.25, 0.3) is 0 Å². The molecule has 0 aromatic rings. The Balaban J connectivity index is 2.72. The van der Waals surface area contributed by atoms with E-state index in [4.69, 9.17) is 14.9 Å². The molecule has 1 rings (SSSR count). The number of ether oxygens (including phenoxy) is 1. The summed E-state index contributed by atoms with van der Waals surface area (Å²) in [7, 11) is 0. The van der Waals surface area contributed by atoms with Crippen LogP contribution in [-0.4, -0.2) is 80.8 Å². The molecule has 5 N–H and O–H groups in total. The third kappa shape index (κ3) is 2.88. The van der Waals surface area contributed by atoms with Gasteiger partial charge in [-0.2, -0.15) is 0 Å². The second-order valence-corrected chi connectivity index (χ2v) is 3.51. The molecule has 1 aliphatic heterocycles. The predicted octanol–water partition coefficient (Wildman–Crippen LogP) is -3.24. The lowest BCUT2D eigenvalue weighted by Gasteiger charge is -2.31. The number of aliphatic carboxylic acids is 1. The van der Waals surface area contributed by atoms with Crippen molar-refractivity contribution in [2.24, 2.45) is 0 Å². The van der Waals surface area contributed by atoms with Crippen LogP contribution in [0.2, 0.25) is 0 Å². The molecule has 16 heavy (non-hydrogen) atoms. The Kier molecular flexibility index (Phi) is 4.59. The van der Waals surface area contributed by atoms with Gasteiger partial charge in [-0.15, -0.1) is 0 Å². The van der Waals surface area contributed by atoms with E-state index in [9.17, 15) is 20.1 Å². The van der Waals surface area contributed by atoms with Crippen molar-refractivity contribution in [3.05, 3.63) is 0 Å². The molecule has 0 aromatic heterocycles. The standard InChI is InChI=1S/C8H15NO7/c10-2-5(12)9(1-6(13)14)8-7(15)4(11)3-16-8/h4-5,7-8,10-12,15H,1-3H2,(H,13,14). The fourth-order valence-electron chi connectivity index (χ4n) is 1.50. The molecule has 1 saturated heterocycles. The molecule has 8 heteroatoms. The second kappa shape index (κ2) is 5.53. The number of carbonyl (C=O) groups is 1. The average Bonchev–Trinajstić information content (AvgIpc) is 2.55. The Labute approximate surface area is 91.3 Å². The van der Waals surface area contributed by atoms with E-state index in [1.807, 2.05) is 0 Å². The Hall–Kier alpha value is -0.770. The Morgan fingerprint density at radius 2 is 2.12 bits per heavy atom. The number of hydrogen-bond acceptors (Lipinski definition) is 7. The summed E-state index contributed by atoms with van der Waals surface area (Å²) in [5, 5.41) is 45.4. The number of hydrogen-bond donors (Lipinski definition) is 5. The third-order valence-corrected chi connectivity index (χ3v) is 2.31. The quantitative estimate of drug-likeness (QED) is 0.315. The molecule has 8 nitrogen and oxygen atoms in total. The van der Waals surface area contributed by atoms with Crippen LogP contribution in [0.4, 0.5) is 0 Å². The lowest BCUT2D eigenvalue weighted by molar-refractivity contribution is -0.168. The Morgan fingerprint density at radius 3 is 2.50 bits per heavy atom. The SMILES string of the molecule is O=C(O)CN(C(O)CO)C1OCC(O)C1O. The number of aliphatic hydroxyl groups excluding tert-OH is 4. The van der Waals surface area contributed by atoms with E-state index in [0.717, 1.165) is 4.90 Å². The van der Waals surface area contributed by atoms with E-state index in [2.05, 4.69) is 0 Å². The summed E-state index contributed by atoms with van der Waals surface area (Å²) in [6.45, 7) is -1.47. The molecule has 1 aliphatic rings. The first-order chi connectivity index (χ1) is 7.47. The summed E-state index contributed by atoms with van der Waals surface area (Å²) < 4.78 is 4.95. The molecule has 1 heterocycles. The molecule has 0 aromatic carbocycles. The molecule has 1 fully saturated rings. The first kappa shape index (κ1) is 13.3. The molecule has 0 spiro atoms. The molecular formula is C8H15NO7. The minimum Gasteiger partial charge on any atom is -0.480 e. The Bertz CT molecular complexity index is 249. The van der Waals surface area contributed by atoms with Crippen LogP contribution in [0.3, 0.4) is 0 Å². The van der Waals surface area contributed by atoms with E-state index >= 15 is 0 Å². The van der Waals surface area contributed by atoms with Crippen LogP contribution in [0.15, 0.2) is 0 Å².